The second-order valence-electron chi connectivity index (χ2n) is 19.5. The normalized spacial score (nSPS) is 10.5. The third-order valence-electron chi connectivity index (χ3n) is 11.4. The Morgan fingerprint density at radius 3 is 0.736 bits per heavy atom. The van der Waals surface area contributed by atoms with Crippen molar-refractivity contribution < 1.29 is 133 Å². The average molecular weight is 1280 g/mol. The maximum absolute atomic E-state index is 14.1. The molecule has 0 N–H and O–H groups in total. The molecule has 0 saturated heterocycles. The van der Waals surface area contributed by atoms with Crippen LogP contribution in [0.4, 0.5) is 0 Å². The quantitative estimate of drug-likeness (QED) is 0.0293. The fraction of sp³-hybridized carbons (Fsp3) is 0.492. The lowest BCUT2D eigenvalue weighted by Gasteiger charge is -2.17. The number of hydrogen-bond acceptors (Lipinski definition) is 28. The minimum atomic E-state index is -1.24. The number of hydrogen-bond donors (Lipinski definition) is 0. The lowest BCUT2D eigenvalue weighted by molar-refractivity contribution is -0.147. The van der Waals surface area contributed by atoms with Crippen molar-refractivity contribution in [2.75, 3.05) is 39.6 Å². The van der Waals surface area contributed by atoms with Crippen molar-refractivity contribution in [1.29, 1.82) is 0 Å². The third kappa shape index (κ3) is 29.4. The molecule has 0 heterocycles. The highest BCUT2D eigenvalue weighted by Gasteiger charge is 2.29. The molecule has 0 aromatic heterocycles. The molecule has 0 fully saturated rings. The molecule has 0 spiro atoms. The van der Waals surface area contributed by atoms with Gasteiger partial charge in [0.05, 0.1) is 128 Å². The molecule has 28 heteroatoms. The summed E-state index contributed by atoms with van der Waals surface area (Å²) in [4.78, 5) is 182. The number of rotatable bonds is 40. The Morgan fingerprint density at radius 1 is 0.264 bits per heavy atom. The molecular weight excluding hydrogens is 1200 g/mol. The second-order valence-corrected chi connectivity index (χ2v) is 19.5. The minimum absolute atomic E-state index is 0.0640. The predicted octanol–water partition coefficient (Wildman–Crippen LogP) is 8.27. The van der Waals surface area contributed by atoms with Crippen LogP contribution in [0.3, 0.4) is 0 Å². The van der Waals surface area contributed by atoms with Gasteiger partial charge in [-0.25, -0.2) is 9.59 Å². The highest BCUT2D eigenvalue weighted by molar-refractivity contribution is 5.96. The van der Waals surface area contributed by atoms with E-state index < -0.39 is 206 Å². The first-order valence-electron chi connectivity index (χ1n) is 29.6. The van der Waals surface area contributed by atoms with Crippen molar-refractivity contribution in [2.45, 2.75) is 164 Å². The van der Waals surface area contributed by atoms with Crippen LogP contribution in [-0.2, 0) is 86.0 Å². The van der Waals surface area contributed by atoms with E-state index in [1.54, 1.807) is 41.5 Å². The monoisotopic (exact) mass is 1280 g/mol. The average Bonchev–Trinajstić information content (AvgIpc) is 0.842. The van der Waals surface area contributed by atoms with Crippen LogP contribution in [0.5, 0.6) is 46.0 Å². The molecule has 0 saturated carbocycles. The zero-order valence-electron chi connectivity index (χ0n) is 51.9. The Balaban J connectivity index is 2.12. The van der Waals surface area contributed by atoms with E-state index in [9.17, 15) is 67.1 Å². The standard InChI is InChI=1S/C63H76O28/c1-8-28-78-48(64)16-22-54(70)85-44-35-40(36-45(86-55(71)23-17-49(65)79-29-9-2)60(44)90-58(74)26-20-52(68)82-32-12-5)62(76)84-42-14-15-43(39(7)34-42)89-63(77)41-37-46(87-56(72)24-18-50(66)80-30-10-3)61(91-59(75)27-21-53(69)83-33-13-6)47(38-41)88-57(73)25-19-51(67)81-31-11-4/h14-15,34-38H,8-13,16-33H2,1-7H3. The van der Waals surface area contributed by atoms with Crippen molar-refractivity contribution >= 4 is 83.6 Å². The summed E-state index contributed by atoms with van der Waals surface area (Å²) in [5, 5.41) is 0. The maximum Gasteiger partial charge on any atom is 0.343 e. The van der Waals surface area contributed by atoms with Gasteiger partial charge in [0, 0.05) is 0 Å². The van der Waals surface area contributed by atoms with E-state index in [2.05, 4.69) is 0 Å². The fourth-order valence-corrected chi connectivity index (χ4v) is 7.00. The summed E-state index contributed by atoms with van der Waals surface area (Å²) in [5.41, 5.74) is -0.932. The van der Waals surface area contributed by atoms with E-state index in [0.29, 0.717) is 38.5 Å². The number of esters is 14. The summed E-state index contributed by atoms with van der Waals surface area (Å²) in [7, 11) is 0. The minimum Gasteiger partial charge on any atom is -0.466 e. The molecular formula is C63H76O28. The van der Waals surface area contributed by atoms with E-state index in [1.165, 1.54) is 19.1 Å². The zero-order valence-corrected chi connectivity index (χ0v) is 51.9. The molecule has 0 radical (unpaired) electrons. The van der Waals surface area contributed by atoms with E-state index in [4.69, 9.17) is 66.3 Å². The Hall–Kier alpha value is -9.76. The number of ether oxygens (including phenoxy) is 14. The first-order valence-corrected chi connectivity index (χ1v) is 29.6. The van der Waals surface area contributed by atoms with Gasteiger partial charge in [-0.3, -0.25) is 57.5 Å². The Kier molecular flexibility index (Phi) is 34.4. The van der Waals surface area contributed by atoms with Crippen LogP contribution < -0.4 is 37.9 Å². The van der Waals surface area contributed by atoms with Gasteiger partial charge in [0.25, 0.3) is 0 Å². The largest absolute Gasteiger partial charge is 0.466 e. The summed E-state index contributed by atoms with van der Waals surface area (Å²) in [6, 6.07) is 7.08. The summed E-state index contributed by atoms with van der Waals surface area (Å²) < 4.78 is 74.5. The summed E-state index contributed by atoms with van der Waals surface area (Å²) in [6.45, 7) is 12.3. The van der Waals surface area contributed by atoms with Gasteiger partial charge in [-0.2, -0.15) is 0 Å². The molecule has 0 aliphatic carbocycles. The van der Waals surface area contributed by atoms with Gasteiger partial charge in [0.2, 0.25) is 11.5 Å². The summed E-state index contributed by atoms with van der Waals surface area (Å²) in [5.74, 6) is -18.5. The van der Waals surface area contributed by atoms with Gasteiger partial charge >= 0.3 is 83.6 Å². The van der Waals surface area contributed by atoms with Gasteiger partial charge in [0.15, 0.2) is 23.0 Å². The van der Waals surface area contributed by atoms with E-state index in [-0.39, 0.29) is 56.7 Å². The zero-order chi connectivity index (χ0) is 67.3. The molecule has 0 aliphatic rings. The second kappa shape index (κ2) is 41.5. The molecule has 0 bridgehead atoms. The maximum atomic E-state index is 14.1. The van der Waals surface area contributed by atoms with Crippen LogP contribution in [0.15, 0.2) is 42.5 Å². The van der Waals surface area contributed by atoms with E-state index >= 15 is 0 Å². The summed E-state index contributed by atoms with van der Waals surface area (Å²) in [6.07, 6.45) is -3.44. The lowest BCUT2D eigenvalue weighted by atomic mass is 10.1. The van der Waals surface area contributed by atoms with Crippen LogP contribution >= 0.6 is 0 Å². The molecule has 496 valence electrons. The van der Waals surface area contributed by atoms with Gasteiger partial charge in [-0.05, 0) is 93.5 Å². The molecule has 28 nitrogen and oxygen atoms in total. The lowest BCUT2D eigenvalue weighted by Crippen LogP contribution is -2.19. The Morgan fingerprint density at radius 2 is 0.495 bits per heavy atom. The topological polar surface area (TPSA) is 368 Å². The number of benzene rings is 3. The molecule has 3 aromatic carbocycles. The van der Waals surface area contributed by atoms with Gasteiger partial charge in [0.1, 0.15) is 11.5 Å². The van der Waals surface area contributed by atoms with Crippen LogP contribution in [0, 0.1) is 6.92 Å². The molecule has 3 aromatic rings. The van der Waals surface area contributed by atoms with E-state index in [0.717, 1.165) is 30.3 Å². The van der Waals surface area contributed by atoms with Crippen molar-refractivity contribution in [3.8, 4) is 46.0 Å². The highest BCUT2D eigenvalue weighted by atomic mass is 16.6. The number of aryl methyl sites for hydroxylation is 1. The van der Waals surface area contributed by atoms with Gasteiger partial charge in [-0.15, -0.1) is 0 Å². The predicted molar refractivity (Wildman–Crippen MR) is 311 cm³/mol. The van der Waals surface area contributed by atoms with Crippen LogP contribution in [-0.4, -0.2) is 123 Å². The molecule has 0 unspecified atom stereocenters. The first kappa shape index (κ1) is 75.5. The number of carbonyl (C=O) groups is 14. The van der Waals surface area contributed by atoms with Crippen LogP contribution in [0.2, 0.25) is 0 Å². The van der Waals surface area contributed by atoms with Gasteiger partial charge in [-0.1, -0.05) is 41.5 Å². The summed E-state index contributed by atoms with van der Waals surface area (Å²) >= 11 is 0. The highest BCUT2D eigenvalue weighted by Crippen LogP contribution is 2.42. The Labute approximate surface area is 524 Å². The van der Waals surface area contributed by atoms with Crippen molar-refractivity contribution in [3.05, 3.63) is 59.2 Å². The molecule has 0 amide bonds. The van der Waals surface area contributed by atoms with Crippen molar-refractivity contribution in [1.82, 2.24) is 0 Å². The number of carbonyl (C=O) groups excluding carboxylic acids is 14. The Bertz CT molecular complexity index is 2950. The fourth-order valence-electron chi connectivity index (χ4n) is 7.00. The van der Waals surface area contributed by atoms with Crippen LogP contribution in [0.25, 0.3) is 0 Å². The SMILES string of the molecule is CCCOC(=O)CCC(=O)Oc1cc(C(=O)Oc2ccc(OC(=O)c3cc(OC(=O)CCC(=O)OCCC)c(OC(=O)CCC(=O)OCCC)c(OC(=O)CCC(=O)OCCC)c3)c(C)c2)cc(OC(=O)CCC(=O)OCCC)c1OC(=O)CCC(=O)OCCC. The van der Waals surface area contributed by atoms with Crippen molar-refractivity contribution in [2.24, 2.45) is 0 Å². The molecule has 0 atom stereocenters. The molecule has 3 rings (SSSR count). The van der Waals surface area contributed by atoms with Gasteiger partial charge < -0.3 is 66.3 Å². The third-order valence-corrected chi connectivity index (χ3v) is 11.4. The van der Waals surface area contributed by atoms with Crippen LogP contribution in [0.1, 0.15) is 183 Å². The smallest absolute Gasteiger partial charge is 0.343 e. The first-order chi connectivity index (χ1) is 43.5. The van der Waals surface area contributed by atoms with E-state index in [1.807, 2.05) is 0 Å². The van der Waals surface area contributed by atoms with Crippen molar-refractivity contribution in [3.63, 3.8) is 0 Å². The molecule has 91 heavy (non-hydrogen) atoms. The molecule has 0 aliphatic heterocycles.